The molecule has 0 aromatic heterocycles. The van der Waals surface area contributed by atoms with Gasteiger partial charge in [0.25, 0.3) is 0 Å². The van der Waals surface area contributed by atoms with Crippen molar-refractivity contribution in [3.05, 3.63) is 77.4 Å². The molecule has 148 valence electrons. The van der Waals surface area contributed by atoms with Crippen molar-refractivity contribution in [2.24, 2.45) is 0 Å². The minimum atomic E-state index is -1.15. The van der Waals surface area contributed by atoms with Gasteiger partial charge in [0.05, 0.1) is 5.56 Å². The van der Waals surface area contributed by atoms with Crippen LogP contribution in [-0.4, -0.2) is 17.7 Å². The fourth-order valence-corrected chi connectivity index (χ4v) is 4.25. The second-order valence-electron chi connectivity index (χ2n) is 7.19. The quantitative estimate of drug-likeness (QED) is 0.476. The molecule has 1 aliphatic heterocycles. The lowest BCUT2D eigenvalue weighted by Crippen LogP contribution is -2.34. The number of rotatable bonds is 2. The molecule has 0 saturated carbocycles. The highest BCUT2D eigenvalue weighted by Crippen LogP contribution is 2.54. The Kier molecular flexibility index (Phi) is 3.80. The molecule has 6 heteroatoms. The highest BCUT2D eigenvalue weighted by molar-refractivity contribution is 6.09. The van der Waals surface area contributed by atoms with Gasteiger partial charge in [0, 0.05) is 35.7 Å². The zero-order valence-corrected chi connectivity index (χ0v) is 16.2. The van der Waals surface area contributed by atoms with Crippen LogP contribution in [-0.2, 0) is 15.2 Å². The molecular weight excluding hydrogens is 384 g/mol. The molecule has 0 bridgehead atoms. The van der Waals surface area contributed by atoms with E-state index in [1.54, 1.807) is 30.3 Å². The second-order valence-corrected chi connectivity index (χ2v) is 7.19. The number of hydrogen-bond acceptors (Lipinski definition) is 6. The van der Waals surface area contributed by atoms with Gasteiger partial charge in [-0.2, -0.15) is 0 Å². The summed E-state index contributed by atoms with van der Waals surface area (Å²) >= 11 is 0. The van der Waals surface area contributed by atoms with Crippen LogP contribution in [0.5, 0.6) is 17.2 Å². The van der Waals surface area contributed by atoms with E-state index in [-0.39, 0.29) is 11.5 Å². The van der Waals surface area contributed by atoms with Crippen LogP contribution in [0.4, 0.5) is 0 Å². The molecule has 5 rings (SSSR count). The molecule has 3 aromatic rings. The summed E-state index contributed by atoms with van der Waals surface area (Å²) in [6.07, 6.45) is 3.16. The van der Waals surface area contributed by atoms with Crippen molar-refractivity contribution in [3.63, 3.8) is 0 Å². The zero-order chi connectivity index (χ0) is 21.0. The molecule has 0 N–H and O–H groups in total. The van der Waals surface area contributed by atoms with Crippen molar-refractivity contribution in [1.29, 1.82) is 0 Å². The maximum atomic E-state index is 12.6. The molecule has 0 saturated heterocycles. The van der Waals surface area contributed by atoms with Gasteiger partial charge in [0.1, 0.15) is 17.2 Å². The van der Waals surface area contributed by atoms with Crippen molar-refractivity contribution in [2.45, 2.75) is 19.4 Å². The van der Waals surface area contributed by atoms with Crippen LogP contribution < -0.4 is 14.2 Å². The maximum Gasteiger partial charge on any atom is 0.308 e. The van der Waals surface area contributed by atoms with Gasteiger partial charge in [0.2, 0.25) is 0 Å². The summed E-state index contributed by atoms with van der Waals surface area (Å²) in [5.74, 6) is 0.160. The first-order chi connectivity index (χ1) is 14.4. The normalized spacial score (nSPS) is 18.3. The van der Waals surface area contributed by atoms with Crippen LogP contribution in [0.3, 0.4) is 0 Å². The number of fused-ring (bicyclic) bond motifs is 3. The van der Waals surface area contributed by atoms with E-state index in [2.05, 4.69) is 0 Å². The first kappa shape index (κ1) is 18.1. The predicted molar refractivity (Wildman–Crippen MR) is 108 cm³/mol. The van der Waals surface area contributed by atoms with E-state index in [1.807, 2.05) is 24.3 Å². The molecule has 0 fully saturated rings. The first-order valence-electron chi connectivity index (χ1n) is 9.40. The molecule has 0 radical (unpaired) electrons. The van der Waals surface area contributed by atoms with Crippen molar-refractivity contribution < 1.29 is 28.6 Å². The Labute approximate surface area is 171 Å². The van der Waals surface area contributed by atoms with E-state index in [1.165, 1.54) is 19.9 Å². The Morgan fingerprint density at radius 1 is 0.900 bits per heavy atom. The summed E-state index contributed by atoms with van der Waals surface area (Å²) in [5, 5.41) is 1.49. The summed E-state index contributed by atoms with van der Waals surface area (Å²) in [7, 11) is 0. The fraction of sp³-hybridized carbons (Fsp3) is 0.125. The van der Waals surface area contributed by atoms with E-state index in [0.717, 1.165) is 10.9 Å². The van der Waals surface area contributed by atoms with Gasteiger partial charge in [0.15, 0.2) is 11.4 Å². The van der Waals surface area contributed by atoms with E-state index in [9.17, 15) is 14.4 Å². The van der Waals surface area contributed by atoms with Crippen molar-refractivity contribution >= 4 is 28.5 Å². The van der Waals surface area contributed by atoms with Crippen LogP contribution >= 0.6 is 0 Å². The number of ether oxygens (including phenoxy) is 3. The molecule has 6 nitrogen and oxygen atoms in total. The smallest absolute Gasteiger partial charge is 0.308 e. The standard InChI is InChI=1S/C24H16O6/c1-13(25)28-19-10-9-17-22-16(19)6-4-7-20(22)30-24(17)12-11-18(27)15-5-3-8-21(23(15)24)29-14(2)26/h3-12H,1-2H3. The zero-order valence-electron chi connectivity index (χ0n) is 16.2. The van der Waals surface area contributed by atoms with Gasteiger partial charge in [-0.15, -0.1) is 0 Å². The molecule has 1 aliphatic carbocycles. The van der Waals surface area contributed by atoms with Crippen molar-refractivity contribution in [1.82, 2.24) is 0 Å². The monoisotopic (exact) mass is 400 g/mol. The van der Waals surface area contributed by atoms with Gasteiger partial charge in [-0.05, 0) is 36.4 Å². The van der Waals surface area contributed by atoms with E-state index >= 15 is 0 Å². The molecule has 1 unspecified atom stereocenters. The number of esters is 2. The maximum absolute atomic E-state index is 12.6. The van der Waals surface area contributed by atoms with E-state index in [0.29, 0.717) is 28.0 Å². The Bertz CT molecular complexity index is 1300. The minimum Gasteiger partial charge on any atom is -0.473 e. The van der Waals surface area contributed by atoms with Gasteiger partial charge < -0.3 is 14.2 Å². The molecule has 1 spiro atoms. The largest absolute Gasteiger partial charge is 0.473 e. The lowest BCUT2D eigenvalue weighted by Gasteiger charge is -2.33. The number of carbonyl (C=O) groups is 3. The van der Waals surface area contributed by atoms with E-state index < -0.39 is 17.5 Å². The number of ketones is 1. The summed E-state index contributed by atoms with van der Waals surface area (Å²) < 4.78 is 17.2. The predicted octanol–water partition coefficient (Wildman–Crippen LogP) is 4.08. The summed E-state index contributed by atoms with van der Waals surface area (Å²) in [6, 6.07) is 14.0. The molecule has 1 heterocycles. The molecule has 3 aromatic carbocycles. The van der Waals surface area contributed by atoms with Crippen LogP contribution in [0.15, 0.2) is 60.7 Å². The summed E-state index contributed by atoms with van der Waals surface area (Å²) in [6.45, 7) is 2.65. The minimum absolute atomic E-state index is 0.197. The third kappa shape index (κ3) is 2.47. The highest BCUT2D eigenvalue weighted by Gasteiger charge is 2.48. The Hall–Kier alpha value is -3.93. The number of benzene rings is 3. The topological polar surface area (TPSA) is 78.9 Å². The lowest BCUT2D eigenvalue weighted by molar-refractivity contribution is -0.132. The Balaban J connectivity index is 1.82. The summed E-state index contributed by atoms with van der Waals surface area (Å²) in [4.78, 5) is 35.9. The fourth-order valence-electron chi connectivity index (χ4n) is 4.25. The van der Waals surface area contributed by atoms with Gasteiger partial charge in [-0.3, -0.25) is 14.4 Å². The molecule has 0 amide bonds. The Morgan fingerprint density at radius 3 is 2.40 bits per heavy atom. The van der Waals surface area contributed by atoms with Gasteiger partial charge in [-0.1, -0.05) is 24.3 Å². The van der Waals surface area contributed by atoms with Crippen LogP contribution in [0, 0.1) is 0 Å². The molecule has 30 heavy (non-hydrogen) atoms. The van der Waals surface area contributed by atoms with Gasteiger partial charge in [-0.25, -0.2) is 0 Å². The highest BCUT2D eigenvalue weighted by atomic mass is 16.5. The van der Waals surface area contributed by atoms with Gasteiger partial charge >= 0.3 is 11.9 Å². The Morgan fingerprint density at radius 2 is 1.63 bits per heavy atom. The third-order valence-electron chi connectivity index (χ3n) is 5.27. The first-order valence-corrected chi connectivity index (χ1v) is 9.40. The van der Waals surface area contributed by atoms with Crippen LogP contribution in [0.1, 0.15) is 35.3 Å². The number of allylic oxidation sites excluding steroid dienone is 1. The van der Waals surface area contributed by atoms with Crippen molar-refractivity contribution in [3.8, 4) is 17.2 Å². The van der Waals surface area contributed by atoms with E-state index in [4.69, 9.17) is 14.2 Å². The van der Waals surface area contributed by atoms with Crippen molar-refractivity contribution in [2.75, 3.05) is 0 Å². The average Bonchev–Trinajstić information content (AvgIpc) is 3.02. The average molecular weight is 400 g/mol. The molecule has 2 aliphatic rings. The SMILES string of the molecule is CC(=O)Oc1cccc2c1C1(C=CC2=O)Oc2cccc3c(OC(C)=O)ccc1c23. The summed E-state index contributed by atoms with van der Waals surface area (Å²) in [5.41, 5.74) is 0.506. The molecule has 1 atom stereocenters. The van der Waals surface area contributed by atoms with Crippen LogP contribution in [0.25, 0.3) is 10.8 Å². The lowest BCUT2D eigenvalue weighted by atomic mass is 9.78. The molecular formula is C24H16O6. The number of carbonyl (C=O) groups excluding carboxylic acids is 3. The van der Waals surface area contributed by atoms with Crippen LogP contribution in [0.2, 0.25) is 0 Å². The number of hydrogen-bond donors (Lipinski definition) is 0. The second kappa shape index (κ2) is 6.29. The third-order valence-corrected chi connectivity index (χ3v) is 5.27.